The van der Waals surface area contributed by atoms with Gasteiger partial charge in [0.05, 0.1) is 0 Å². The van der Waals surface area contributed by atoms with Crippen LogP contribution >= 0.6 is 0 Å². The Morgan fingerprint density at radius 1 is 0.895 bits per heavy atom. The van der Waals surface area contributed by atoms with Crippen molar-refractivity contribution in [3.63, 3.8) is 0 Å². The Labute approximate surface area is 220 Å². The minimum Gasteiger partial charge on any atom is -0.508 e. The molecule has 1 aromatic heterocycles. The summed E-state index contributed by atoms with van der Waals surface area (Å²) in [5.41, 5.74) is 1.79. The van der Waals surface area contributed by atoms with Crippen molar-refractivity contribution in [3.8, 4) is 16.9 Å². The number of likely N-dealkylation sites (tertiary alicyclic amines) is 1. The lowest BCUT2D eigenvalue weighted by atomic mass is 9.73. The lowest BCUT2D eigenvalue weighted by molar-refractivity contribution is -0.00320. The van der Waals surface area contributed by atoms with Crippen molar-refractivity contribution in [2.75, 3.05) is 56.1 Å². The van der Waals surface area contributed by atoms with Crippen molar-refractivity contribution in [2.45, 2.75) is 24.9 Å². The smallest absolute Gasteiger partial charge is 0.228 e. The van der Waals surface area contributed by atoms with Crippen LogP contribution in [-0.2, 0) is 0 Å². The third kappa shape index (κ3) is 3.39. The van der Waals surface area contributed by atoms with Crippen LogP contribution in [0, 0.1) is 11.2 Å². The molecule has 0 amide bonds. The number of piperazine rings is 1. The van der Waals surface area contributed by atoms with Crippen molar-refractivity contribution in [2.24, 2.45) is 5.41 Å². The number of halogens is 1. The minimum absolute atomic E-state index is 0.120. The Kier molecular flexibility index (Phi) is 4.74. The molecule has 5 heterocycles. The Bertz CT molecular complexity index is 1580. The topological polar surface area (TPSA) is 67.8 Å². The van der Waals surface area contributed by atoms with Crippen LogP contribution in [0.2, 0.25) is 0 Å². The SMILES string of the molecule is CN1CC2(C1)CN(c1nc(N3C[C@H]4CC[C@@H](C3)N4)c3ccc(-c4cc(O)cc5ccccc45)c(F)c3n1)C2. The van der Waals surface area contributed by atoms with E-state index in [2.05, 4.69) is 27.1 Å². The van der Waals surface area contributed by atoms with Crippen molar-refractivity contribution in [3.05, 3.63) is 54.3 Å². The monoisotopic (exact) mass is 510 g/mol. The number of nitrogens with zero attached hydrogens (tertiary/aromatic N) is 5. The molecule has 2 bridgehead atoms. The predicted molar refractivity (Wildman–Crippen MR) is 148 cm³/mol. The van der Waals surface area contributed by atoms with Crippen LogP contribution in [0.25, 0.3) is 32.8 Å². The summed E-state index contributed by atoms with van der Waals surface area (Å²) in [7, 11) is 2.15. The van der Waals surface area contributed by atoms with E-state index in [-0.39, 0.29) is 11.6 Å². The molecule has 4 fully saturated rings. The van der Waals surface area contributed by atoms with E-state index in [1.807, 2.05) is 36.4 Å². The molecule has 8 rings (SSSR count). The van der Waals surface area contributed by atoms with Crippen molar-refractivity contribution in [1.82, 2.24) is 20.2 Å². The van der Waals surface area contributed by atoms with Crippen LogP contribution in [-0.4, -0.2) is 78.4 Å². The molecule has 1 spiro atoms. The van der Waals surface area contributed by atoms with Gasteiger partial charge in [0.2, 0.25) is 5.95 Å². The van der Waals surface area contributed by atoms with Crippen LogP contribution < -0.4 is 15.1 Å². The second kappa shape index (κ2) is 8.01. The number of hydrogen-bond donors (Lipinski definition) is 2. The van der Waals surface area contributed by atoms with Gasteiger partial charge in [-0.3, -0.25) is 0 Å². The molecule has 0 aliphatic carbocycles. The Morgan fingerprint density at radius 2 is 1.66 bits per heavy atom. The second-order valence-corrected chi connectivity index (χ2v) is 12.0. The maximum Gasteiger partial charge on any atom is 0.228 e. The number of fused-ring (bicyclic) bond motifs is 4. The summed E-state index contributed by atoms with van der Waals surface area (Å²) in [4.78, 5) is 16.8. The first kappa shape index (κ1) is 22.5. The van der Waals surface area contributed by atoms with Gasteiger partial charge in [0.15, 0.2) is 5.82 Å². The highest BCUT2D eigenvalue weighted by Crippen LogP contribution is 2.43. The van der Waals surface area contributed by atoms with Gasteiger partial charge in [0.25, 0.3) is 0 Å². The van der Waals surface area contributed by atoms with Gasteiger partial charge in [-0.15, -0.1) is 0 Å². The first-order chi connectivity index (χ1) is 18.4. The highest BCUT2D eigenvalue weighted by Gasteiger charge is 2.51. The average molecular weight is 511 g/mol. The van der Waals surface area contributed by atoms with Crippen LogP contribution in [0.5, 0.6) is 5.75 Å². The van der Waals surface area contributed by atoms with Gasteiger partial charge in [-0.1, -0.05) is 30.3 Å². The number of anilines is 2. The van der Waals surface area contributed by atoms with Crippen LogP contribution in [0.1, 0.15) is 12.8 Å². The molecule has 0 saturated carbocycles. The largest absolute Gasteiger partial charge is 0.508 e. The van der Waals surface area contributed by atoms with Crippen molar-refractivity contribution in [1.29, 1.82) is 0 Å². The molecule has 4 aliphatic heterocycles. The fourth-order valence-electron chi connectivity index (χ4n) is 7.42. The number of hydrogen-bond acceptors (Lipinski definition) is 7. The second-order valence-electron chi connectivity index (χ2n) is 12.0. The minimum atomic E-state index is -0.361. The molecule has 4 saturated heterocycles. The summed E-state index contributed by atoms with van der Waals surface area (Å²) in [6.45, 7) is 5.75. The first-order valence-corrected chi connectivity index (χ1v) is 13.6. The lowest BCUT2D eigenvalue weighted by Gasteiger charge is -2.59. The zero-order valence-electron chi connectivity index (χ0n) is 21.5. The van der Waals surface area contributed by atoms with Crippen LogP contribution in [0.4, 0.5) is 16.2 Å². The number of phenolic OH excluding ortho intramolecular Hbond substituents is 1. The summed E-state index contributed by atoms with van der Waals surface area (Å²) < 4.78 is 16.5. The summed E-state index contributed by atoms with van der Waals surface area (Å²) in [5.74, 6) is 1.21. The number of phenols is 1. The lowest BCUT2D eigenvalue weighted by Crippen LogP contribution is -2.71. The first-order valence-electron chi connectivity index (χ1n) is 13.6. The molecule has 0 unspecified atom stereocenters. The van der Waals surface area contributed by atoms with Crippen LogP contribution in [0.15, 0.2) is 48.5 Å². The van der Waals surface area contributed by atoms with E-state index in [9.17, 15) is 5.11 Å². The van der Waals surface area contributed by atoms with Crippen molar-refractivity contribution < 1.29 is 9.50 Å². The zero-order valence-corrected chi connectivity index (χ0v) is 21.5. The highest BCUT2D eigenvalue weighted by atomic mass is 19.1. The molecule has 194 valence electrons. The van der Waals surface area contributed by atoms with Gasteiger partial charge < -0.3 is 25.1 Å². The molecule has 7 nitrogen and oxygen atoms in total. The molecule has 3 aromatic carbocycles. The van der Waals surface area contributed by atoms with Gasteiger partial charge in [-0.2, -0.15) is 4.98 Å². The Hall–Kier alpha value is -3.49. The number of aromatic nitrogens is 2. The molecule has 2 atom stereocenters. The third-order valence-corrected chi connectivity index (χ3v) is 8.97. The van der Waals surface area contributed by atoms with Gasteiger partial charge in [-0.25, -0.2) is 9.37 Å². The predicted octanol–water partition coefficient (Wildman–Crippen LogP) is 3.99. The van der Waals surface area contributed by atoms with E-state index < -0.39 is 0 Å². The average Bonchev–Trinajstić information content (AvgIpc) is 3.22. The molecular weight excluding hydrogens is 479 g/mol. The highest BCUT2D eigenvalue weighted by molar-refractivity contribution is 6.01. The quantitative estimate of drug-likeness (QED) is 0.432. The van der Waals surface area contributed by atoms with Gasteiger partial charge in [0, 0.05) is 67.7 Å². The molecule has 0 radical (unpaired) electrons. The van der Waals surface area contributed by atoms with E-state index in [0.29, 0.717) is 40.1 Å². The molecule has 4 aliphatic rings. The normalized spacial score (nSPS) is 24.3. The number of nitrogens with one attached hydrogen (secondary N) is 1. The fraction of sp³-hybridized carbons (Fsp3) is 0.400. The number of rotatable bonds is 3. The standard InChI is InChI=1S/C30H31FN6O/c1-35-14-30(15-35)16-37(17-30)29-33-27-24(28(34-29)36-12-19-6-7-20(13-36)32-19)9-8-23(26(27)31)25-11-21(38)10-18-4-2-3-5-22(18)25/h2-5,8-11,19-20,32,38H,6-7,12-17H2,1H3/t19-,20+. The summed E-state index contributed by atoms with van der Waals surface area (Å²) in [6, 6.07) is 15.8. The van der Waals surface area contributed by atoms with E-state index in [4.69, 9.17) is 9.97 Å². The summed E-state index contributed by atoms with van der Waals surface area (Å²) in [6.07, 6.45) is 2.34. The van der Waals surface area contributed by atoms with E-state index in [1.54, 1.807) is 12.1 Å². The van der Waals surface area contributed by atoms with E-state index >= 15 is 4.39 Å². The van der Waals surface area contributed by atoms with Crippen LogP contribution in [0.3, 0.4) is 0 Å². The van der Waals surface area contributed by atoms with Crippen molar-refractivity contribution >= 4 is 33.4 Å². The number of aromatic hydroxyl groups is 1. The van der Waals surface area contributed by atoms with Gasteiger partial charge in [0.1, 0.15) is 17.1 Å². The van der Waals surface area contributed by atoms with Gasteiger partial charge >= 0.3 is 0 Å². The molecule has 4 aromatic rings. The molecular formula is C30H31FN6O. The molecule has 2 N–H and O–H groups in total. The number of benzene rings is 3. The Morgan fingerprint density at radius 3 is 2.42 bits per heavy atom. The third-order valence-electron chi connectivity index (χ3n) is 8.97. The maximum atomic E-state index is 16.5. The van der Waals surface area contributed by atoms with E-state index in [1.165, 1.54) is 12.8 Å². The zero-order chi connectivity index (χ0) is 25.6. The fourth-order valence-corrected chi connectivity index (χ4v) is 7.42. The molecule has 38 heavy (non-hydrogen) atoms. The Balaban J connectivity index is 1.28. The summed E-state index contributed by atoms with van der Waals surface area (Å²) >= 11 is 0. The maximum absolute atomic E-state index is 16.5. The van der Waals surface area contributed by atoms with Gasteiger partial charge in [-0.05, 0) is 54.4 Å². The summed E-state index contributed by atoms with van der Waals surface area (Å²) in [5, 5.41) is 16.6. The van der Waals surface area contributed by atoms with E-state index in [0.717, 1.165) is 61.2 Å². The molecule has 8 heteroatoms.